The van der Waals surface area contributed by atoms with E-state index in [9.17, 15) is 14.7 Å². The Bertz CT molecular complexity index is 653. The maximum Gasteiger partial charge on any atom is 0.317 e. The molecule has 1 saturated carbocycles. The second kappa shape index (κ2) is 6.34. The fourth-order valence-corrected chi connectivity index (χ4v) is 3.73. The molecule has 0 radical (unpaired) electrons. The molecular formula is C18H23NO5. The molecule has 1 heterocycles. The van der Waals surface area contributed by atoms with Crippen LogP contribution in [0, 0.1) is 5.92 Å². The topological polar surface area (TPSA) is 84.9 Å². The Morgan fingerprint density at radius 3 is 2.62 bits per heavy atom. The zero-order chi connectivity index (χ0) is 17.3. The van der Waals surface area contributed by atoms with Crippen LogP contribution in [0.25, 0.3) is 0 Å². The number of rotatable bonds is 5. The number of hydrogen-bond donors (Lipinski definition) is 2. The number of carboxylic acid groups (broad SMARTS) is 1. The minimum absolute atomic E-state index is 0.167. The predicted molar refractivity (Wildman–Crippen MR) is 87.4 cm³/mol. The Morgan fingerprint density at radius 2 is 2.00 bits per heavy atom. The molecule has 1 aliphatic heterocycles. The lowest BCUT2D eigenvalue weighted by Crippen LogP contribution is -2.37. The highest BCUT2D eigenvalue weighted by Gasteiger charge is 2.50. The lowest BCUT2D eigenvalue weighted by Gasteiger charge is -2.28. The molecule has 6 nitrogen and oxygen atoms in total. The molecule has 130 valence electrons. The quantitative estimate of drug-likeness (QED) is 0.806. The molecule has 2 aliphatic rings. The van der Waals surface area contributed by atoms with Gasteiger partial charge >= 0.3 is 5.97 Å². The van der Waals surface area contributed by atoms with Crippen LogP contribution in [0.2, 0.25) is 0 Å². The van der Waals surface area contributed by atoms with Crippen LogP contribution in [-0.2, 0) is 15.0 Å². The number of carbonyl (C=O) groups excluding carboxylic acids is 1. The van der Waals surface area contributed by atoms with Gasteiger partial charge in [-0.2, -0.15) is 0 Å². The van der Waals surface area contributed by atoms with Crippen LogP contribution in [0.4, 0.5) is 0 Å². The van der Waals surface area contributed by atoms with Crippen molar-refractivity contribution in [1.82, 2.24) is 5.32 Å². The van der Waals surface area contributed by atoms with E-state index in [1.807, 2.05) is 12.1 Å². The Morgan fingerprint density at radius 1 is 1.29 bits per heavy atom. The van der Waals surface area contributed by atoms with Gasteiger partial charge in [-0.25, -0.2) is 0 Å². The number of ether oxygens (including phenoxy) is 2. The molecule has 0 spiro atoms. The lowest BCUT2D eigenvalue weighted by atomic mass is 9.74. The number of hydrogen-bond acceptors (Lipinski definition) is 4. The van der Waals surface area contributed by atoms with Crippen LogP contribution in [0.1, 0.15) is 38.2 Å². The van der Waals surface area contributed by atoms with Crippen LogP contribution in [-0.4, -0.2) is 36.7 Å². The summed E-state index contributed by atoms with van der Waals surface area (Å²) in [6.45, 7) is 2.09. The van der Waals surface area contributed by atoms with Crippen molar-refractivity contribution in [3.63, 3.8) is 0 Å². The van der Waals surface area contributed by atoms with E-state index in [0.717, 1.165) is 31.2 Å². The highest BCUT2D eigenvalue weighted by Crippen LogP contribution is 2.41. The summed E-state index contributed by atoms with van der Waals surface area (Å²) >= 11 is 0. The molecule has 1 saturated heterocycles. The summed E-state index contributed by atoms with van der Waals surface area (Å²) in [5.74, 6) is -1.42. The third-order valence-corrected chi connectivity index (χ3v) is 5.20. The lowest BCUT2D eigenvalue weighted by molar-refractivity contribution is -0.147. The van der Waals surface area contributed by atoms with E-state index in [2.05, 4.69) is 5.32 Å². The van der Waals surface area contributed by atoms with E-state index in [0.29, 0.717) is 11.5 Å². The number of amides is 1. The molecule has 2 N–H and O–H groups in total. The first-order valence-electron chi connectivity index (χ1n) is 8.31. The average molecular weight is 333 g/mol. The van der Waals surface area contributed by atoms with Gasteiger partial charge in [-0.05, 0) is 43.4 Å². The van der Waals surface area contributed by atoms with Crippen LogP contribution >= 0.6 is 0 Å². The van der Waals surface area contributed by atoms with Crippen LogP contribution < -0.4 is 14.8 Å². The fraction of sp³-hybridized carbons (Fsp3) is 0.556. The third kappa shape index (κ3) is 2.81. The zero-order valence-corrected chi connectivity index (χ0v) is 14.0. The second-order valence-corrected chi connectivity index (χ2v) is 6.80. The Hall–Kier alpha value is -2.24. The van der Waals surface area contributed by atoms with Gasteiger partial charge in [0.25, 0.3) is 0 Å². The molecule has 3 rings (SSSR count). The summed E-state index contributed by atoms with van der Waals surface area (Å²) in [5.41, 5.74) is -0.0507. The third-order valence-electron chi connectivity index (χ3n) is 5.20. The van der Waals surface area contributed by atoms with Gasteiger partial charge in [-0.15, -0.1) is 0 Å². The summed E-state index contributed by atoms with van der Waals surface area (Å²) in [6, 6.07) is 5.43. The largest absolute Gasteiger partial charge is 0.493 e. The van der Waals surface area contributed by atoms with Crippen molar-refractivity contribution in [3.8, 4) is 11.5 Å². The van der Waals surface area contributed by atoms with Crippen molar-refractivity contribution in [1.29, 1.82) is 0 Å². The summed E-state index contributed by atoms with van der Waals surface area (Å²) in [7, 11) is 1.58. The molecule has 2 fully saturated rings. The standard InChI is InChI=1S/C18H23NO5/c1-18(10-19-16(20)15(18)17(21)22)11-7-8-13(23-2)14(9-11)24-12-5-3-4-6-12/h7-9,12,15H,3-6,10H2,1-2H3,(H,19,20)(H,21,22). The molecule has 1 aromatic rings. The van der Waals surface area contributed by atoms with Gasteiger partial charge < -0.3 is 19.9 Å². The van der Waals surface area contributed by atoms with Crippen molar-refractivity contribution in [2.24, 2.45) is 5.92 Å². The number of carboxylic acids is 1. The first-order valence-corrected chi connectivity index (χ1v) is 8.31. The van der Waals surface area contributed by atoms with Crippen molar-refractivity contribution >= 4 is 11.9 Å². The van der Waals surface area contributed by atoms with Crippen molar-refractivity contribution in [2.45, 2.75) is 44.1 Å². The van der Waals surface area contributed by atoms with E-state index < -0.39 is 23.2 Å². The smallest absolute Gasteiger partial charge is 0.317 e. The van der Waals surface area contributed by atoms with E-state index in [1.54, 1.807) is 20.1 Å². The number of aliphatic carboxylic acids is 1. The summed E-state index contributed by atoms with van der Waals surface area (Å²) in [5, 5.41) is 12.1. The van der Waals surface area contributed by atoms with Crippen molar-refractivity contribution in [2.75, 3.05) is 13.7 Å². The van der Waals surface area contributed by atoms with Crippen LogP contribution in [0.15, 0.2) is 18.2 Å². The van der Waals surface area contributed by atoms with Gasteiger partial charge in [0.1, 0.15) is 5.92 Å². The van der Waals surface area contributed by atoms with E-state index >= 15 is 0 Å². The molecule has 2 atom stereocenters. The normalized spacial score (nSPS) is 27.1. The van der Waals surface area contributed by atoms with Crippen molar-refractivity contribution < 1.29 is 24.2 Å². The van der Waals surface area contributed by atoms with E-state index in [-0.39, 0.29) is 12.6 Å². The molecule has 24 heavy (non-hydrogen) atoms. The fourth-order valence-electron chi connectivity index (χ4n) is 3.73. The van der Waals surface area contributed by atoms with Gasteiger partial charge in [-0.1, -0.05) is 13.0 Å². The minimum atomic E-state index is -1.11. The van der Waals surface area contributed by atoms with Crippen LogP contribution in [0.3, 0.4) is 0 Å². The molecular weight excluding hydrogens is 310 g/mol. The van der Waals surface area contributed by atoms with Crippen LogP contribution in [0.5, 0.6) is 11.5 Å². The van der Waals surface area contributed by atoms with Gasteiger partial charge in [0.05, 0.1) is 13.2 Å². The zero-order valence-electron chi connectivity index (χ0n) is 14.0. The summed E-state index contributed by atoms with van der Waals surface area (Å²) < 4.78 is 11.5. The summed E-state index contributed by atoms with van der Waals surface area (Å²) in [4.78, 5) is 23.5. The number of carbonyl (C=O) groups is 2. The number of benzene rings is 1. The molecule has 0 aromatic heterocycles. The molecule has 1 aromatic carbocycles. The highest BCUT2D eigenvalue weighted by atomic mass is 16.5. The summed E-state index contributed by atoms with van der Waals surface area (Å²) in [6.07, 6.45) is 4.51. The number of methoxy groups -OCH3 is 1. The predicted octanol–water partition coefficient (Wildman–Crippen LogP) is 2.10. The first kappa shape index (κ1) is 16.6. The van der Waals surface area contributed by atoms with Gasteiger partial charge in [0.2, 0.25) is 5.91 Å². The maximum absolute atomic E-state index is 11.9. The highest BCUT2D eigenvalue weighted by molar-refractivity contribution is 6.00. The first-order chi connectivity index (χ1) is 11.5. The molecule has 1 aliphatic carbocycles. The average Bonchev–Trinajstić information content (AvgIpc) is 3.16. The molecule has 6 heteroatoms. The minimum Gasteiger partial charge on any atom is -0.493 e. The Kier molecular flexibility index (Phi) is 4.39. The maximum atomic E-state index is 11.9. The monoisotopic (exact) mass is 333 g/mol. The molecule has 0 bridgehead atoms. The number of nitrogens with one attached hydrogen (secondary N) is 1. The Labute approximate surface area is 141 Å². The van der Waals surface area contributed by atoms with Gasteiger partial charge in [0.15, 0.2) is 11.5 Å². The molecule has 1 amide bonds. The Balaban J connectivity index is 1.95. The van der Waals surface area contributed by atoms with E-state index in [4.69, 9.17) is 9.47 Å². The molecule has 2 unspecified atom stereocenters. The SMILES string of the molecule is COc1ccc(C2(C)CNC(=O)C2C(=O)O)cc1OC1CCCC1. The van der Waals surface area contributed by atoms with Gasteiger partial charge in [0, 0.05) is 12.0 Å². The second-order valence-electron chi connectivity index (χ2n) is 6.80. The van der Waals surface area contributed by atoms with Crippen molar-refractivity contribution in [3.05, 3.63) is 23.8 Å². The van der Waals surface area contributed by atoms with Gasteiger partial charge in [-0.3, -0.25) is 9.59 Å². The van der Waals surface area contributed by atoms with E-state index in [1.165, 1.54) is 0 Å².